The number of hydrogen-bond acceptors (Lipinski definition) is 10. The summed E-state index contributed by atoms with van der Waals surface area (Å²) in [6.07, 6.45) is 33.6. The number of rotatable bonds is 40. The van der Waals surface area contributed by atoms with Crippen LogP contribution in [0.4, 0.5) is 0 Å². The highest BCUT2D eigenvalue weighted by atomic mass is 32.3. The molecule has 13 heteroatoms. The summed E-state index contributed by atoms with van der Waals surface area (Å²) in [5.41, 5.74) is 0. The molecule has 7 atom stereocenters. The number of carbonyl (C=O) groups excluding carboxylic acids is 1. The largest absolute Gasteiger partial charge is 0.397 e. The zero-order valence-corrected chi connectivity index (χ0v) is 37.9. The molecule has 12 nitrogen and oxygen atoms in total. The Bertz CT molecular complexity index is 1150. The van der Waals surface area contributed by atoms with Gasteiger partial charge in [-0.2, -0.15) is 8.42 Å². The van der Waals surface area contributed by atoms with Crippen LogP contribution < -0.4 is 5.32 Å². The molecule has 1 aliphatic heterocycles. The summed E-state index contributed by atoms with van der Waals surface area (Å²) in [4.78, 5) is 13.0. The lowest BCUT2D eigenvalue weighted by Crippen LogP contribution is -2.61. The van der Waals surface area contributed by atoms with E-state index < -0.39 is 59.9 Å². The molecule has 1 rings (SSSR count). The van der Waals surface area contributed by atoms with Gasteiger partial charge in [-0.25, -0.2) is 4.18 Å². The minimum Gasteiger partial charge on any atom is -0.394 e. The van der Waals surface area contributed by atoms with Crippen LogP contribution in [-0.4, -0.2) is 95.4 Å². The number of unbranched alkanes of at least 4 members (excludes halogenated alkanes) is 26. The van der Waals surface area contributed by atoms with Gasteiger partial charge in [0.25, 0.3) is 0 Å². The number of amides is 1. The van der Waals surface area contributed by atoms with E-state index in [4.69, 9.17) is 9.47 Å². The topological polar surface area (TPSA) is 192 Å². The average molecular weight is 862 g/mol. The zero-order valence-electron chi connectivity index (χ0n) is 37.1. The first kappa shape index (κ1) is 55.6. The Morgan fingerprint density at radius 2 is 1.08 bits per heavy atom. The second-order valence-corrected chi connectivity index (χ2v) is 17.7. The van der Waals surface area contributed by atoms with Crippen LogP contribution in [-0.2, 0) is 28.9 Å². The lowest BCUT2D eigenvalue weighted by Gasteiger charge is -2.41. The number of nitrogens with one attached hydrogen (secondary N) is 1. The molecule has 7 unspecified atom stereocenters. The first-order valence-electron chi connectivity index (χ1n) is 23.7. The van der Waals surface area contributed by atoms with Crippen LogP contribution in [0.1, 0.15) is 206 Å². The summed E-state index contributed by atoms with van der Waals surface area (Å²) in [6.45, 7) is 3.37. The third-order valence-corrected chi connectivity index (χ3v) is 11.7. The Hall–Kier alpha value is -1.42. The van der Waals surface area contributed by atoms with Crippen molar-refractivity contribution in [1.29, 1.82) is 0 Å². The third-order valence-electron chi connectivity index (χ3n) is 11.2. The number of carbonyl (C=O) groups is 1. The van der Waals surface area contributed by atoms with E-state index in [1.165, 1.54) is 135 Å². The van der Waals surface area contributed by atoms with Gasteiger partial charge >= 0.3 is 10.4 Å². The molecule has 0 aromatic heterocycles. The number of hydrogen-bond donors (Lipinski definition) is 6. The fourth-order valence-corrected chi connectivity index (χ4v) is 8.02. The fourth-order valence-electron chi connectivity index (χ4n) is 7.51. The smallest absolute Gasteiger partial charge is 0.394 e. The Labute approximate surface area is 359 Å². The molecular weight excluding hydrogens is 775 g/mol. The molecule has 0 aliphatic carbocycles. The summed E-state index contributed by atoms with van der Waals surface area (Å²) < 4.78 is 47.6. The standard InChI is InChI=1S/C46H87NO11S/c1-3-5-7-9-11-13-15-17-18-19-20-21-22-24-25-27-29-31-33-35-40(49)39(38-56-46-44(52)45(58-59(53,54)55)43(51)41(37-48)57-46)47-42(50)36-34-32-30-28-26-23-16-14-12-10-8-6-4-2/h23,26,33,35,39-41,43-46,48-49,51-52H,3-22,24-25,27-32,34,36-38H2,1-2H3,(H,47,50)(H,53,54,55)/b26-23-,35-33+. The van der Waals surface area contributed by atoms with Crippen LogP contribution in [0.3, 0.4) is 0 Å². The predicted octanol–water partition coefficient (Wildman–Crippen LogP) is 9.33. The van der Waals surface area contributed by atoms with Crippen molar-refractivity contribution in [3.8, 4) is 0 Å². The van der Waals surface area contributed by atoms with Gasteiger partial charge in [-0.1, -0.05) is 179 Å². The molecule has 348 valence electrons. The van der Waals surface area contributed by atoms with Crippen molar-refractivity contribution in [3.63, 3.8) is 0 Å². The summed E-state index contributed by atoms with van der Waals surface area (Å²) in [5.74, 6) is -0.279. The quantitative estimate of drug-likeness (QED) is 0.0195. The predicted molar refractivity (Wildman–Crippen MR) is 236 cm³/mol. The Kier molecular flexibility index (Phi) is 35.0. The molecule has 0 bridgehead atoms. The monoisotopic (exact) mass is 862 g/mol. The number of ether oxygens (including phenoxy) is 2. The molecule has 0 saturated carbocycles. The van der Waals surface area contributed by atoms with Crippen molar-refractivity contribution >= 4 is 16.3 Å². The van der Waals surface area contributed by atoms with E-state index >= 15 is 0 Å². The molecule has 1 saturated heterocycles. The average Bonchev–Trinajstić information content (AvgIpc) is 3.20. The zero-order chi connectivity index (χ0) is 43.4. The van der Waals surface area contributed by atoms with Gasteiger partial charge in [0.15, 0.2) is 6.29 Å². The van der Waals surface area contributed by atoms with Crippen molar-refractivity contribution in [2.45, 2.75) is 249 Å². The molecule has 1 amide bonds. The van der Waals surface area contributed by atoms with Gasteiger partial charge in [0.1, 0.15) is 24.4 Å². The van der Waals surface area contributed by atoms with Gasteiger partial charge in [-0.05, 0) is 44.9 Å². The molecule has 1 heterocycles. The van der Waals surface area contributed by atoms with Crippen molar-refractivity contribution < 1.29 is 51.8 Å². The molecule has 0 spiro atoms. The van der Waals surface area contributed by atoms with Crippen LogP contribution in [0.2, 0.25) is 0 Å². The van der Waals surface area contributed by atoms with Crippen molar-refractivity contribution in [1.82, 2.24) is 5.32 Å². The molecule has 59 heavy (non-hydrogen) atoms. The maximum absolute atomic E-state index is 13.0. The molecule has 1 aliphatic rings. The Balaban J connectivity index is 2.51. The summed E-state index contributed by atoms with van der Waals surface area (Å²) in [6, 6.07) is -0.949. The van der Waals surface area contributed by atoms with Gasteiger partial charge < -0.3 is 35.2 Å². The van der Waals surface area contributed by atoms with Crippen LogP contribution in [0.5, 0.6) is 0 Å². The Morgan fingerprint density at radius 3 is 1.53 bits per heavy atom. The van der Waals surface area contributed by atoms with E-state index in [0.717, 1.165) is 44.9 Å². The lowest BCUT2D eigenvalue weighted by atomic mass is 9.99. The molecule has 6 N–H and O–H groups in total. The highest BCUT2D eigenvalue weighted by Crippen LogP contribution is 2.26. The van der Waals surface area contributed by atoms with E-state index in [2.05, 4.69) is 35.5 Å². The Morgan fingerprint density at radius 1 is 0.661 bits per heavy atom. The third kappa shape index (κ3) is 30.3. The summed E-state index contributed by atoms with van der Waals surface area (Å²) in [7, 11) is -5.08. The summed E-state index contributed by atoms with van der Waals surface area (Å²) in [5, 5.41) is 44.7. The van der Waals surface area contributed by atoms with Gasteiger partial charge in [-0.3, -0.25) is 9.35 Å². The van der Waals surface area contributed by atoms with E-state index in [1.807, 2.05) is 6.08 Å². The molecule has 0 radical (unpaired) electrons. The van der Waals surface area contributed by atoms with Crippen molar-refractivity contribution in [3.05, 3.63) is 24.3 Å². The second kappa shape index (κ2) is 37.2. The van der Waals surface area contributed by atoms with Crippen molar-refractivity contribution in [2.24, 2.45) is 0 Å². The number of aliphatic hydroxyl groups excluding tert-OH is 4. The second-order valence-electron chi connectivity index (χ2n) is 16.7. The van der Waals surface area contributed by atoms with Gasteiger partial charge in [0.05, 0.1) is 25.4 Å². The first-order valence-corrected chi connectivity index (χ1v) is 25.1. The van der Waals surface area contributed by atoms with Gasteiger partial charge in [0, 0.05) is 6.42 Å². The first-order chi connectivity index (χ1) is 28.5. The van der Waals surface area contributed by atoms with Crippen LogP contribution in [0.15, 0.2) is 24.3 Å². The van der Waals surface area contributed by atoms with Crippen molar-refractivity contribution in [2.75, 3.05) is 13.2 Å². The minimum atomic E-state index is -5.08. The molecule has 1 fully saturated rings. The lowest BCUT2D eigenvalue weighted by molar-refractivity contribution is -0.298. The number of allylic oxidation sites excluding steroid dienone is 3. The van der Waals surface area contributed by atoms with Crippen LogP contribution >= 0.6 is 0 Å². The highest BCUT2D eigenvalue weighted by molar-refractivity contribution is 7.80. The van der Waals surface area contributed by atoms with Crippen LogP contribution in [0, 0.1) is 0 Å². The molecule has 0 aromatic carbocycles. The van der Waals surface area contributed by atoms with E-state index in [-0.39, 0.29) is 18.9 Å². The number of aliphatic hydroxyl groups is 4. The van der Waals surface area contributed by atoms with E-state index in [1.54, 1.807) is 6.08 Å². The fraction of sp³-hybridized carbons (Fsp3) is 0.891. The maximum Gasteiger partial charge on any atom is 0.397 e. The summed E-state index contributed by atoms with van der Waals surface area (Å²) >= 11 is 0. The van der Waals surface area contributed by atoms with E-state index in [9.17, 15) is 38.2 Å². The normalized spacial score (nSPS) is 21.1. The molecule has 0 aromatic rings. The molecular formula is C46H87NO11S. The SMILES string of the molecule is CCCCCCCC/C=C\CCCCCC(=O)NC(COC1OC(CO)C(O)C(OS(=O)(=O)O)C1O)C(O)/C=C/CCCCCCCCCCCCCCCCCCC. The maximum atomic E-state index is 13.0. The minimum absolute atomic E-state index is 0.249. The highest BCUT2D eigenvalue weighted by Gasteiger charge is 2.48. The van der Waals surface area contributed by atoms with Gasteiger partial charge in [0.2, 0.25) is 5.91 Å². The van der Waals surface area contributed by atoms with Gasteiger partial charge in [-0.15, -0.1) is 0 Å². The van der Waals surface area contributed by atoms with E-state index in [0.29, 0.717) is 6.42 Å². The van der Waals surface area contributed by atoms with Crippen LogP contribution in [0.25, 0.3) is 0 Å².